The van der Waals surface area contributed by atoms with Gasteiger partial charge in [0.05, 0.1) is 5.92 Å². The zero-order valence-electron chi connectivity index (χ0n) is 12.6. The lowest BCUT2D eigenvalue weighted by Gasteiger charge is -2.15. The fourth-order valence-electron chi connectivity index (χ4n) is 2.40. The van der Waals surface area contributed by atoms with Crippen molar-refractivity contribution in [3.8, 4) is 0 Å². The van der Waals surface area contributed by atoms with Gasteiger partial charge in [0, 0.05) is 12.2 Å². The molecule has 0 aromatic heterocycles. The number of rotatable bonds is 6. The minimum absolute atomic E-state index is 0.0464. The van der Waals surface area contributed by atoms with Crippen LogP contribution in [0.25, 0.3) is 0 Å². The summed E-state index contributed by atoms with van der Waals surface area (Å²) in [4.78, 5) is 12.4. The highest BCUT2D eigenvalue weighted by Crippen LogP contribution is 2.21. The molecular formula is C18H22N2O. The number of carbonyl (C=O) groups is 1. The highest BCUT2D eigenvalue weighted by molar-refractivity contribution is 5.95. The van der Waals surface area contributed by atoms with E-state index in [1.54, 1.807) is 0 Å². The van der Waals surface area contributed by atoms with E-state index < -0.39 is 0 Å². The molecule has 0 spiro atoms. The Morgan fingerprint density at radius 2 is 1.71 bits per heavy atom. The summed E-state index contributed by atoms with van der Waals surface area (Å²) in [6.07, 6.45) is 0.785. The molecule has 0 aliphatic heterocycles. The maximum Gasteiger partial charge on any atom is 0.231 e. The maximum absolute atomic E-state index is 12.4. The largest absolute Gasteiger partial charge is 0.326 e. The predicted molar refractivity (Wildman–Crippen MR) is 87.3 cm³/mol. The average molecular weight is 282 g/mol. The van der Waals surface area contributed by atoms with Crippen LogP contribution in [-0.4, -0.2) is 13.0 Å². The zero-order chi connectivity index (χ0) is 15.1. The van der Waals surface area contributed by atoms with E-state index in [4.69, 9.17) is 0 Å². The third-order valence-corrected chi connectivity index (χ3v) is 3.53. The molecule has 110 valence electrons. The first-order valence-corrected chi connectivity index (χ1v) is 7.34. The molecular weight excluding hydrogens is 260 g/mol. The average Bonchev–Trinajstić information content (AvgIpc) is 2.51. The lowest BCUT2D eigenvalue weighted by atomic mass is 9.95. The van der Waals surface area contributed by atoms with E-state index in [0.29, 0.717) is 0 Å². The normalized spacial score (nSPS) is 11.9. The molecule has 0 aliphatic rings. The summed E-state index contributed by atoms with van der Waals surface area (Å²) in [6, 6.07) is 17.9. The Labute approximate surface area is 126 Å². The van der Waals surface area contributed by atoms with Crippen molar-refractivity contribution in [1.82, 2.24) is 5.32 Å². The zero-order valence-corrected chi connectivity index (χ0v) is 12.6. The van der Waals surface area contributed by atoms with Gasteiger partial charge in [0.2, 0.25) is 5.91 Å². The van der Waals surface area contributed by atoms with Gasteiger partial charge in [-0.25, -0.2) is 0 Å². The Balaban J connectivity index is 2.05. The topological polar surface area (TPSA) is 41.1 Å². The van der Waals surface area contributed by atoms with Crippen LogP contribution >= 0.6 is 0 Å². The molecule has 2 rings (SSSR count). The lowest BCUT2D eigenvalue weighted by molar-refractivity contribution is -0.117. The van der Waals surface area contributed by atoms with Gasteiger partial charge in [0.25, 0.3) is 0 Å². The SMILES string of the molecule is CCC(C(=O)Nc1ccc(CNC)cc1)c1ccccc1. The number of benzene rings is 2. The summed E-state index contributed by atoms with van der Waals surface area (Å²) < 4.78 is 0. The van der Waals surface area contributed by atoms with Crippen LogP contribution in [0.5, 0.6) is 0 Å². The number of amides is 1. The minimum atomic E-state index is -0.108. The molecule has 0 bridgehead atoms. The van der Waals surface area contributed by atoms with Gasteiger partial charge in [-0.1, -0.05) is 49.4 Å². The highest BCUT2D eigenvalue weighted by atomic mass is 16.1. The molecule has 3 nitrogen and oxygen atoms in total. The molecule has 0 radical (unpaired) electrons. The van der Waals surface area contributed by atoms with E-state index in [9.17, 15) is 4.79 Å². The van der Waals surface area contributed by atoms with Crippen LogP contribution in [-0.2, 0) is 11.3 Å². The van der Waals surface area contributed by atoms with Crippen molar-refractivity contribution in [2.45, 2.75) is 25.8 Å². The molecule has 3 heteroatoms. The number of hydrogen-bond acceptors (Lipinski definition) is 2. The second-order valence-electron chi connectivity index (χ2n) is 5.09. The van der Waals surface area contributed by atoms with Crippen molar-refractivity contribution in [3.63, 3.8) is 0 Å². The summed E-state index contributed by atoms with van der Waals surface area (Å²) in [6.45, 7) is 2.86. The van der Waals surface area contributed by atoms with Gasteiger partial charge < -0.3 is 10.6 Å². The third-order valence-electron chi connectivity index (χ3n) is 3.53. The summed E-state index contributed by atoms with van der Waals surface area (Å²) in [5.41, 5.74) is 3.10. The summed E-state index contributed by atoms with van der Waals surface area (Å²) >= 11 is 0. The molecule has 1 amide bonds. The Morgan fingerprint density at radius 1 is 1.05 bits per heavy atom. The molecule has 0 aliphatic carbocycles. The quantitative estimate of drug-likeness (QED) is 0.851. The van der Waals surface area contributed by atoms with E-state index >= 15 is 0 Å². The second-order valence-corrected chi connectivity index (χ2v) is 5.09. The van der Waals surface area contributed by atoms with E-state index in [-0.39, 0.29) is 11.8 Å². The smallest absolute Gasteiger partial charge is 0.231 e. The van der Waals surface area contributed by atoms with Gasteiger partial charge in [0.15, 0.2) is 0 Å². The lowest BCUT2D eigenvalue weighted by Crippen LogP contribution is -2.20. The van der Waals surface area contributed by atoms with Crippen LogP contribution in [0.2, 0.25) is 0 Å². The first kappa shape index (κ1) is 15.3. The van der Waals surface area contributed by atoms with E-state index in [0.717, 1.165) is 24.2 Å². The molecule has 0 fully saturated rings. The van der Waals surface area contributed by atoms with Crippen LogP contribution in [0.15, 0.2) is 54.6 Å². The molecule has 2 aromatic carbocycles. The van der Waals surface area contributed by atoms with Gasteiger partial charge in [-0.2, -0.15) is 0 Å². The van der Waals surface area contributed by atoms with Gasteiger partial charge in [-0.3, -0.25) is 4.79 Å². The molecule has 2 N–H and O–H groups in total. The van der Waals surface area contributed by atoms with Crippen molar-refractivity contribution >= 4 is 11.6 Å². The minimum Gasteiger partial charge on any atom is -0.326 e. The fourth-order valence-corrected chi connectivity index (χ4v) is 2.40. The van der Waals surface area contributed by atoms with E-state index in [1.165, 1.54) is 5.56 Å². The number of hydrogen-bond donors (Lipinski definition) is 2. The van der Waals surface area contributed by atoms with Crippen molar-refractivity contribution in [1.29, 1.82) is 0 Å². The second kappa shape index (κ2) is 7.60. The van der Waals surface area contributed by atoms with Crippen LogP contribution in [0.4, 0.5) is 5.69 Å². The van der Waals surface area contributed by atoms with Gasteiger partial charge in [-0.15, -0.1) is 0 Å². The van der Waals surface area contributed by atoms with Crippen LogP contribution < -0.4 is 10.6 Å². The maximum atomic E-state index is 12.4. The summed E-state index contributed by atoms with van der Waals surface area (Å²) in [7, 11) is 1.92. The number of nitrogens with one attached hydrogen (secondary N) is 2. The Bertz CT molecular complexity index is 564. The van der Waals surface area contributed by atoms with Crippen LogP contribution in [0, 0.1) is 0 Å². The van der Waals surface area contributed by atoms with Crippen molar-refractivity contribution in [2.24, 2.45) is 0 Å². The molecule has 21 heavy (non-hydrogen) atoms. The Morgan fingerprint density at radius 3 is 2.29 bits per heavy atom. The first-order chi connectivity index (χ1) is 10.2. The summed E-state index contributed by atoms with van der Waals surface area (Å²) in [5, 5.41) is 6.11. The van der Waals surface area contributed by atoms with Crippen LogP contribution in [0.1, 0.15) is 30.4 Å². The molecule has 1 atom stereocenters. The predicted octanol–water partition coefficient (Wildman–Crippen LogP) is 3.54. The number of anilines is 1. The fraction of sp³-hybridized carbons (Fsp3) is 0.278. The highest BCUT2D eigenvalue weighted by Gasteiger charge is 2.18. The Hall–Kier alpha value is -2.13. The molecule has 0 saturated heterocycles. The molecule has 2 aromatic rings. The van der Waals surface area contributed by atoms with Crippen molar-refractivity contribution < 1.29 is 4.79 Å². The summed E-state index contributed by atoms with van der Waals surface area (Å²) in [5.74, 6) is -0.0618. The van der Waals surface area contributed by atoms with Crippen LogP contribution in [0.3, 0.4) is 0 Å². The molecule has 0 saturated carbocycles. The van der Waals surface area contributed by atoms with Gasteiger partial charge in [0.1, 0.15) is 0 Å². The molecule has 1 unspecified atom stereocenters. The first-order valence-electron chi connectivity index (χ1n) is 7.34. The standard InChI is InChI=1S/C18H22N2O/c1-3-17(15-7-5-4-6-8-15)18(21)20-16-11-9-14(10-12-16)13-19-2/h4-12,17,19H,3,13H2,1-2H3,(H,20,21). The Kier molecular flexibility index (Phi) is 5.52. The number of carbonyl (C=O) groups excluding carboxylic acids is 1. The molecule has 0 heterocycles. The van der Waals surface area contributed by atoms with E-state index in [1.807, 2.05) is 68.6 Å². The van der Waals surface area contributed by atoms with Gasteiger partial charge in [-0.05, 0) is 36.7 Å². The van der Waals surface area contributed by atoms with Gasteiger partial charge >= 0.3 is 0 Å². The van der Waals surface area contributed by atoms with Crippen molar-refractivity contribution in [3.05, 3.63) is 65.7 Å². The monoisotopic (exact) mass is 282 g/mol. The van der Waals surface area contributed by atoms with Crippen molar-refractivity contribution in [2.75, 3.05) is 12.4 Å². The third kappa shape index (κ3) is 4.17. The van der Waals surface area contributed by atoms with E-state index in [2.05, 4.69) is 10.6 Å².